The molecule has 4 aromatic rings. The molecule has 0 fully saturated rings. The highest BCUT2D eigenvalue weighted by Gasteiger charge is 2.11. The van der Waals surface area contributed by atoms with E-state index in [1.165, 1.54) is 11.3 Å². The number of pyridine rings is 1. The second-order valence-corrected chi connectivity index (χ2v) is 6.96. The van der Waals surface area contributed by atoms with Gasteiger partial charge in [-0.25, -0.2) is 0 Å². The van der Waals surface area contributed by atoms with Crippen LogP contribution in [-0.2, 0) is 0 Å². The van der Waals surface area contributed by atoms with Gasteiger partial charge >= 0.3 is 0 Å². The molecule has 0 atom stereocenters. The van der Waals surface area contributed by atoms with E-state index in [4.69, 9.17) is 0 Å². The molecular formula is C21H15N3O2S. The second kappa shape index (κ2) is 7.39. The summed E-state index contributed by atoms with van der Waals surface area (Å²) in [7, 11) is 0. The number of carbonyl (C=O) groups is 2. The normalized spacial score (nSPS) is 10.5. The van der Waals surface area contributed by atoms with Crippen LogP contribution in [0.25, 0.3) is 10.1 Å². The summed E-state index contributed by atoms with van der Waals surface area (Å²) in [6.45, 7) is 0. The van der Waals surface area contributed by atoms with Crippen LogP contribution in [0, 0.1) is 0 Å². The molecule has 0 spiro atoms. The Morgan fingerprint density at radius 3 is 2.22 bits per heavy atom. The first-order valence-corrected chi connectivity index (χ1v) is 9.12. The molecule has 2 aromatic carbocycles. The predicted molar refractivity (Wildman–Crippen MR) is 108 cm³/mol. The van der Waals surface area contributed by atoms with Crippen LogP contribution in [-0.4, -0.2) is 16.8 Å². The number of thiophene rings is 1. The number of amides is 2. The summed E-state index contributed by atoms with van der Waals surface area (Å²) >= 11 is 1.45. The van der Waals surface area contributed by atoms with Gasteiger partial charge in [-0.3, -0.25) is 14.6 Å². The van der Waals surface area contributed by atoms with E-state index < -0.39 is 0 Å². The summed E-state index contributed by atoms with van der Waals surface area (Å²) < 4.78 is 1.07. The van der Waals surface area contributed by atoms with Gasteiger partial charge in [-0.05, 0) is 47.9 Å². The van der Waals surface area contributed by atoms with Gasteiger partial charge in [-0.15, -0.1) is 11.3 Å². The molecule has 2 heterocycles. The summed E-state index contributed by atoms with van der Waals surface area (Å²) in [4.78, 5) is 29.3. The standard InChI is InChI=1S/C21H15N3O2S/c25-20(14-8-10-22-11-9-14)23-16-5-3-6-17(13-16)24-21(26)19-12-15-4-1-2-7-18(15)27-19/h1-13H,(H,23,25)(H,24,26). The summed E-state index contributed by atoms with van der Waals surface area (Å²) in [5.74, 6) is -0.404. The minimum Gasteiger partial charge on any atom is -0.322 e. The summed E-state index contributed by atoms with van der Waals surface area (Å²) in [5.41, 5.74) is 1.74. The Morgan fingerprint density at radius 2 is 1.48 bits per heavy atom. The van der Waals surface area contributed by atoms with E-state index >= 15 is 0 Å². The molecule has 0 unspecified atom stereocenters. The number of benzene rings is 2. The molecule has 2 aromatic heterocycles. The topological polar surface area (TPSA) is 71.1 Å². The van der Waals surface area contributed by atoms with Crippen LogP contribution in [0.2, 0.25) is 0 Å². The summed E-state index contributed by atoms with van der Waals surface area (Å²) in [6, 6.07) is 20.1. The first-order valence-electron chi connectivity index (χ1n) is 8.30. The molecule has 0 aliphatic rings. The van der Waals surface area contributed by atoms with Gasteiger partial charge < -0.3 is 10.6 Å². The van der Waals surface area contributed by atoms with Crippen LogP contribution in [0.4, 0.5) is 11.4 Å². The molecule has 0 saturated carbocycles. The Labute approximate surface area is 159 Å². The van der Waals surface area contributed by atoms with Crippen molar-refractivity contribution in [2.24, 2.45) is 0 Å². The van der Waals surface area contributed by atoms with E-state index in [0.29, 0.717) is 21.8 Å². The maximum absolute atomic E-state index is 12.5. The fraction of sp³-hybridized carbons (Fsp3) is 0. The van der Waals surface area contributed by atoms with E-state index in [0.717, 1.165) is 10.1 Å². The van der Waals surface area contributed by atoms with E-state index in [-0.39, 0.29) is 11.8 Å². The minimum atomic E-state index is -0.231. The smallest absolute Gasteiger partial charge is 0.265 e. The third-order valence-electron chi connectivity index (χ3n) is 3.97. The minimum absolute atomic E-state index is 0.172. The lowest BCUT2D eigenvalue weighted by Gasteiger charge is -2.08. The molecule has 0 bridgehead atoms. The van der Waals surface area contributed by atoms with Crippen molar-refractivity contribution in [1.29, 1.82) is 0 Å². The van der Waals surface area contributed by atoms with Crippen LogP contribution in [0.3, 0.4) is 0 Å². The van der Waals surface area contributed by atoms with Crippen molar-refractivity contribution in [3.05, 3.63) is 89.6 Å². The fourth-order valence-corrected chi connectivity index (χ4v) is 3.63. The van der Waals surface area contributed by atoms with Gasteiger partial charge in [0.15, 0.2) is 0 Å². The lowest BCUT2D eigenvalue weighted by Crippen LogP contribution is -2.13. The Hall–Kier alpha value is -3.51. The molecule has 27 heavy (non-hydrogen) atoms. The van der Waals surface area contributed by atoms with Crippen LogP contribution in [0.1, 0.15) is 20.0 Å². The monoisotopic (exact) mass is 373 g/mol. The first kappa shape index (κ1) is 16.9. The van der Waals surface area contributed by atoms with E-state index in [1.54, 1.807) is 48.8 Å². The van der Waals surface area contributed by atoms with Crippen molar-refractivity contribution in [1.82, 2.24) is 4.98 Å². The zero-order valence-electron chi connectivity index (χ0n) is 14.2. The number of nitrogens with one attached hydrogen (secondary N) is 2. The quantitative estimate of drug-likeness (QED) is 0.540. The highest BCUT2D eigenvalue weighted by atomic mass is 32.1. The molecule has 0 radical (unpaired) electrons. The lowest BCUT2D eigenvalue weighted by atomic mass is 10.2. The number of hydrogen-bond acceptors (Lipinski definition) is 4. The number of carbonyl (C=O) groups excluding carboxylic acids is 2. The maximum Gasteiger partial charge on any atom is 0.265 e. The lowest BCUT2D eigenvalue weighted by molar-refractivity contribution is 0.102. The molecule has 5 nitrogen and oxygen atoms in total. The number of rotatable bonds is 4. The van der Waals surface area contributed by atoms with Gasteiger partial charge in [-0.1, -0.05) is 24.3 Å². The number of aromatic nitrogens is 1. The van der Waals surface area contributed by atoms with Gasteiger partial charge in [0, 0.05) is 34.0 Å². The van der Waals surface area contributed by atoms with Crippen LogP contribution < -0.4 is 10.6 Å². The largest absolute Gasteiger partial charge is 0.322 e. The highest BCUT2D eigenvalue weighted by molar-refractivity contribution is 7.20. The van der Waals surface area contributed by atoms with Gasteiger partial charge in [0.05, 0.1) is 4.88 Å². The third-order valence-corrected chi connectivity index (χ3v) is 5.08. The number of fused-ring (bicyclic) bond motifs is 1. The Morgan fingerprint density at radius 1 is 0.778 bits per heavy atom. The Balaban J connectivity index is 1.49. The average Bonchev–Trinajstić information content (AvgIpc) is 3.13. The fourth-order valence-electron chi connectivity index (χ4n) is 2.67. The molecule has 4 rings (SSSR count). The zero-order valence-corrected chi connectivity index (χ0v) is 15.0. The molecule has 2 N–H and O–H groups in total. The van der Waals surface area contributed by atoms with Crippen molar-refractivity contribution >= 4 is 44.6 Å². The van der Waals surface area contributed by atoms with Crippen LogP contribution in [0.15, 0.2) is 79.1 Å². The van der Waals surface area contributed by atoms with E-state index in [1.807, 2.05) is 30.3 Å². The van der Waals surface area contributed by atoms with Crippen LogP contribution in [0.5, 0.6) is 0 Å². The van der Waals surface area contributed by atoms with Crippen molar-refractivity contribution in [3.8, 4) is 0 Å². The molecule has 0 saturated heterocycles. The second-order valence-electron chi connectivity index (χ2n) is 5.87. The van der Waals surface area contributed by atoms with Crippen LogP contribution >= 0.6 is 11.3 Å². The van der Waals surface area contributed by atoms with Gasteiger partial charge in [0.2, 0.25) is 0 Å². The van der Waals surface area contributed by atoms with E-state index in [9.17, 15) is 9.59 Å². The molecular weight excluding hydrogens is 358 g/mol. The van der Waals surface area contributed by atoms with Gasteiger partial charge in [0.1, 0.15) is 0 Å². The number of hydrogen-bond donors (Lipinski definition) is 2. The zero-order chi connectivity index (χ0) is 18.6. The average molecular weight is 373 g/mol. The van der Waals surface area contributed by atoms with E-state index in [2.05, 4.69) is 15.6 Å². The molecule has 0 aliphatic carbocycles. The Bertz CT molecular complexity index is 1090. The molecule has 0 aliphatic heterocycles. The van der Waals surface area contributed by atoms with Crippen molar-refractivity contribution in [2.75, 3.05) is 10.6 Å². The van der Waals surface area contributed by atoms with Gasteiger partial charge in [0.25, 0.3) is 11.8 Å². The molecule has 2 amide bonds. The maximum atomic E-state index is 12.5. The molecule has 6 heteroatoms. The van der Waals surface area contributed by atoms with Crippen molar-refractivity contribution in [3.63, 3.8) is 0 Å². The molecule has 132 valence electrons. The third kappa shape index (κ3) is 3.86. The summed E-state index contributed by atoms with van der Waals surface area (Å²) in [6.07, 6.45) is 3.13. The SMILES string of the molecule is O=C(Nc1cccc(NC(=O)c2cc3ccccc3s2)c1)c1ccncc1. The Kier molecular flexibility index (Phi) is 4.63. The number of anilines is 2. The summed E-state index contributed by atoms with van der Waals surface area (Å²) in [5, 5.41) is 6.75. The first-order chi connectivity index (χ1) is 13.2. The van der Waals surface area contributed by atoms with Crippen molar-refractivity contribution in [2.45, 2.75) is 0 Å². The predicted octanol–water partition coefficient (Wildman–Crippen LogP) is 4.80. The highest BCUT2D eigenvalue weighted by Crippen LogP contribution is 2.26. The number of nitrogens with zero attached hydrogens (tertiary/aromatic N) is 1. The van der Waals surface area contributed by atoms with Crippen molar-refractivity contribution < 1.29 is 9.59 Å². The van der Waals surface area contributed by atoms with Gasteiger partial charge in [-0.2, -0.15) is 0 Å².